The van der Waals surface area contributed by atoms with Gasteiger partial charge in [0.25, 0.3) is 0 Å². The number of halogens is 4. The maximum atomic E-state index is 9.75. The van der Waals surface area contributed by atoms with Crippen LogP contribution in [0.3, 0.4) is 0 Å². The average molecular weight is 448 g/mol. The zero-order chi connectivity index (χ0) is 21.4. The van der Waals surface area contributed by atoms with Gasteiger partial charge in [0.2, 0.25) is 0 Å². The van der Waals surface area contributed by atoms with E-state index in [0.29, 0.717) is 0 Å². The molecular weight excluding hydrogens is 431 g/mol. The minimum absolute atomic E-state index is 0.115. The number of hydrogen-bond acceptors (Lipinski definition) is 2. The summed E-state index contributed by atoms with van der Waals surface area (Å²) in [5.41, 5.74) is 0. The van der Waals surface area contributed by atoms with E-state index < -0.39 is 7.25 Å². The molecule has 0 bridgehead atoms. The third-order valence-electron chi connectivity index (χ3n) is 3.73. The number of rotatable bonds is 5. The fourth-order valence-electron chi connectivity index (χ4n) is 2.60. The Kier molecular flexibility index (Phi) is 7.60. The third-order valence-corrected chi connectivity index (χ3v) is 6.71. The number of benzene rings is 3. The zero-order valence-corrected chi connectivity index (χ0v) is 17.3. The van der Waals surface area contributed by atoms with Gasteiger partial charge in [0.1, 0.15) is 5.75 Å². The average Bonchev–Trinajstić information content (AvgIpc) is 3.23. The molecule has 8 heteroatoms. The van der Waals surface area contributed by atoms with Gasteiger partial charge in [-0.25, -0.2) is 0 Å². The molecule has 0 aliphatic carbocycles. The Hall–Kier alpha value is -2.71. The highest BCUT2D eigenvalue weighted by molar-refractivity contribution is 7.97. The first-order valence-corrected chi connectivity index (χ1v) is 11.0. The molecule has 1 nitrogen and oxygen atoms in total. The van der Waals surface area contributed by atoms with Crippen molar-refractivity contribution in [2.45, 2.75) is 14.7 Å². The zero-order valence-electron chi connectivity index (χ0n) is 15.6. The van der Waals surface area contributed by atoms with Crippen molar-refractivity contribution in [3.63, 3.8) is 0 Å². The Morgan fingerprint density at radius 3 is 1.50 bits per heavy atom. The topological polar surface area (TPSA) is 9.23 Å². The molecule has 0 saturated carbocycles. The van der Waals surface area contributed by atoms with Crippen LogP contribution in [0.25, 0.3) is 0 Å². The Balaban J connectivity index is 0.000000461. The van der Waals surface area contributed by atoms with Crippen LogP contribution in [-0.4, -0.2) is 7.25 Å². The van der Waals surface area contributed by atoms with E-state index >= 15 is 0 Å². The lowest BCUT2D eigenvalue weighted by atomic mass is 10.3. The first kappa shape index (κ1) is 22.0. The minimum Gasteiger partial charge on any atom is -0.447 e. The van der Waals surface area contributed by atoms with Crippen molar-refractivity contribution in [3.8, 4) is 10.8 Å². The molecule has 0 atom stereocenters. The molecule has 0 amide bonds. The molecule has 30 heavy (non-hydrogen) atoms. The Labute approximate surface area is 179 Å². The quantitative estimate of drug-likeness (QED) is 0.171. The molecule has 0 spiro atoms. The lowest BCUT2D eigenvalue weighted by molar-refractivity contribution is 0.368. The fraction of sp³-hybridized carbons (Fsp3) is 0. The van der Waals surface area contributed by atoms with Gasteiger partial charge in [-0.1, -0.05) is 36.4 Å². The highest BCUT2D eigenvalue weighted by atomic mass is 32.2. The predicted molar refractivity (Wildman–Crippen MR) is 116 cm³/mol. The molecule has 4 aromatic rings. The molecule has 0 aliphatic heterocycles. The minimum atomic E-state index is -6.00. The van der Waals surface area contributed by atoms with E-state index in [1.54, 1.807) is 11.3 Å². The molecular formula is C22H17BF4OS2. The number of ether oxygens (including phenoxy) is 1. The standard InChI is InChI=1S/C22H17OS2.BF4/c1-3-8-19(9-4-1)25(20-10-5-2-6-11-20)21-15-13-18(14-16-21)23-22-12-7-17-24-22;2-1(3,4)5/h1-17H;/q+1;-1. The molecule has 3 aromatic carbocycles. The lowest BCUT2D eigenvalue weighted by Gasteiger charge is -2.09. The van der Waals surface area contributed by atoms with Crippen molar-refractivity contribution in [2.75, 3.05) is 0 Å². The van der Waals surface area contributed by atoms with Crippen LogP contribution in [0.2, 0.25) is 0 Å². The molecule has 0 fully saturated rings. The van der Waals surface area contributed by atoms with Gasteiger partial charge in [-0.15, -0.1) is 11.3 Å². The van der Waals surface area contributed by atoms with Gasteiger partial charge in [0, 0.05) is 0 Å². The molecule has 0 N–H and O–H groups in total. The van der Waals surface area contributed by atoms with E-state index in [-0.39, 0.29) is 10.9 Å². The van der Waals surface area contributed by atoms with Gasteiger partial charge in [-0.2, -0.15) is 0 Å². The van der Waals surface area contributed by atoms with Crippen molar-refractivity contribution >= 4 is 29.5 Å². The molecule has 1 heterocycles. The van der Waals surface area contributed by atoms with Crippen molar-refractivity contribution in [1.82, 2.24) is 0 Å². The van der Waals surface area contributed by atoms with E-state index in [1.165, 1.54) is 14.7 Å². The Bertz CT molecular complexity index is 963. The first-order chi connectivity index (χ1) is 14.4. The number of hydrogen-bond donors (Lipinski definition) is 0. The second-order valence-electron chi connectivity index (χ2n) is 5.93. The summed E-state index contributed by atoms with van der Waals surface area (Å²) in [5, 5.41) is 2.93. The second kappa shape index (κ2) is 10.4. The van der Waals surface area contributed by atoms with Crippen LogP contribution in [0, 0.1) is 0 Å². The van der Waals surface area contributed by atoms with Gasteiger partial charge in [-0.05, 0) is 66.0 Å². The predicted octanol–water partition coefficient (Wildman–Crippen LogP) is 7.94. The maximum Gasteiger partial charge on any atom is 0.673 e. The first-order valence-electron chi connectivity index (χ1n) is 8.93. The summed E-state index contributed by atoms with van der Waals surface area (Å²) in [6, 6.07) is 33.8. The summed E-state index contributed by atoms with van der Waals surface area (Å²) in [4.78, 5) is 3.93. The molecule has 4 rings (SSSR count). The van der Waals surface area contributed by atoms with E-state index in [0.717, 1.165) is 10.8 Å². The lowest BCUT2D eigenvalue weighted by Crippen LogP contribution is -2.04. The number of thiophene rings is 1. The van der Waals surface area contributed by atoms with Gasteiger partial charge in [0.05, 0.1) is 10.9 Å². The van der Waals surface area contributed by atoms with Gasteiger partial charge < -0.3 is 22.0 Å². The largest absolute Gasteiger partial charge is 0.673 e. The van der Waals surface area contributed by atoms with Gasteiger partial charge in [-0.3, -0.25) is 0 Å². The van der Waals surface area contributed by atoms with Crippen LogP contribution in [0.1, 0.15) is 0 Å². The Morgan fingerprint density at radius 1 is 0.600 bits per heavy atom. The highest BCUT2D eigenvalue weighted by Crippen LogP contribution is 2.33. The maximum absolute atomic E-state index is 9.75. The van der Waals surface area contributed by atoms with Crippen LogP contribution in [0.4, 0.5) is 17.3 Å². The third kappa shape index (κ3) is 6.97. The molecule has 1 aromatic heterocycles. The van der Waals surface area contributed by atoms with E-state index in [4.69, 9.17) is 4.74 Å². The SMILES string of the molecule is F[B-](F)(F)F.c1ccc([S+](c2ccccc2)c2ccc(Oc3cccs3)cc2)cc1. The summed E-state index contributed by atoms with van der Waals surface area (Å²) >= 11 is 1.60. The smallest absolute Gasteiger partial charge is 0.447 e. The van der Waals surface area contributed by atoms with Crippen LogP contribution in [0.5, 0.6) is 10.8 Å². The van der Waals surface area contributed by atoms with Crippen LogP contribution in [-0.2, 0) is 10.9 Å². The molecule has 154 valence electrons. The second-order valence-corrected chi connectivity index (χ2v) is 8.87. The summed E-state index contributed by atoms with van der Waals surface area (Å²) in [5.74, 6) is 0.871. The van der Waals surface area contributed by atoms with E-state index in [9.17, 15) is 17.3 Å². The van der Waals surface area contributed by atoms with Crippen molar-refractivity contribution in [2.24, 2.45) is 0 Å². The van der Waals surface area contributed by atoms with E-state index in [2.05, 4.69) is 84.9 Å². The summed E-state index contributed by atoms with van der Waals surface area (Å²) in [7, 11) is -6.11. The van der Waals surface area contributed by atoms with Gasteiger partial charge >= 0.3 is 7.25 Å². The van der Waals surface area contributed by atoms with Crippen molar-refractivity contribution < 1.29 is 22.0 Å². The monoisotopic (exact) mass is 448 g/mol. The summed E-state index contributed by atoms with van der Waals surface area (Å²) in [6.45, 7) is 0. The van der Waals surface area contributed by atoms with Crippen molar-refractivity contribution in [3.05, 3.63) is 102 Å². The molecule has 0 aliphatic rings. The summed E-state index contributed by atoms with van der Waals surface area (Å²) < 4.78 is 44.9. The van der Waals surface area contributed by atoms with Crippen molar-refractivity contribution in [1.29, 1.82) is 0 Å². The highest BCUT2D eigenvalue weighted by Gasteiger charge is 2.28. The van der Waals surface area contributed by atoms with Crippen LogP contribution in [0.15, 0.2) is 117 Å². The van der Waals surface area contributed by atoms with E-state index in [1.807, 2.05) is 17.5 Å². The van der Waals surface area contributed by atoms with Crippen LogP contribution >= 0.6 is 11.3 Å². The molecule has 0 saturated heterocycles. The fourth-order valence-corrected chi connectivity index (χ4v) is 5.28. The van der Waals surface area contributed by atoms with Gasteiger partial charge in [0.15, 0.2) is 19.7 Å². The summed E-state index contributed by atoms with van der Waals surface area (Å²) in [6.07, 6.45) is 0. The van der Waals surface area contributed by atoms with Crippen LogP contribution < -0.4 is 4.74 Å². The normalized spacial score (nSPS) is 11.0. The molecule has 0 unspecified atom stereocenters. The molecule has 0 radical (unpaired) electrons. The Morgan fingerprint density at radius 2 is 1.07 bits per heavy atom.